The molecule has 0 saturated carbocycles. The Balaban J connectivity index is 1.84. The lowest BCUT2D eigenvalue weighted by atomic mass is 9.78. The first kappa shape index (κ1) is 19.4. The van der Waals surface area contributed by atoms with Crippen LogP contribution >= 0.6 is 11.6 Å². The molecular weight excluding hydrogens is 422 g/mol. The summed E-state index contributed by atoms with van der Waals surface area (Å²) in [6.45, 7) is 5.86. The highest BCUT2D eigenvalue weighted by Crippen LogP contribution is 2.58. The lowest BCUT2D eigenvalue weighted by molar-refractivity contribution is 0.164. The van der Waals surface area contributed by atoms with Gasteiger partial charge in [-0.15, -0.1) is 0 Å². The molecule has 0 aliphatic carbocycles. The Hall–Kier alpha value is -2.54. The second-order valence-corrected chi connectivity index (χ2v) is 9.26. The van der Waals surface area contributed by atoms with Crippen molar-refractivity contribution in [2.75, 3.05) is 18.0 Å². The largest absolute Gasteiger partial charge is 0.456 e. The van der Waals surface area contributed by atoms with Crippen molar-refractivity contribution < 1.29 is 17.3 Å². The zero-order chi connectivity index (χ0) is 21.1. The van der Waals surface area contributed by atoms with Crippen LogP contribution in [0, 0.1) is 0 Å². The maximum Gasteiger partial charge on any atom is 0.298 e. The van der Waals surface area contributed by atoms with Crippen LogP contribution in [-0.2, 0) is 19.9 Å². The molecule has 0 radical (unpaired) electrons. The number of halogens is 1. The van der Waals surface area contributed by atoms with Crippen LogP contribution in [0.25, 0.3) is 0 Å². The average molecular weight is 442 g/mol. The van der Waals surface area contributed by atoms with E-state index in [4.69, 9.17) is 20.5 Å². The molecule has 0 N–H and O–H groups in total. The Morgan fingerprint density at radius 3 is 2.30 bits per heavy atom. The molecule has 0 saturated heterocycles. The van der Waals surface area contributed by atoms with Crippen molar-refractivity contribution in [3.8, 4) is 11.5 Å². The molecule has 30 heavy (non-hydrogen) atoms. The number of anilines is 1. The Morgan fingerprint density at radius 1 is 0.900 bits per heavy atom. The number of hydrogen-bond donors (Lipinski definition) is 0. The van der Waals surface area contributed by atoms with E-state index in [1.54, 1.807) is 36.4 Å². The van der Waals surface area contributed by atoms with Crippen LogP contribution in [-0.4, -0.2) is 21.5 Å². The highest BCUT2D eigenvalue weighted by Gasteiger charge is 2.55. The van der Waals surface area contributed by atoms with Gasteiger partial charge in [-0.2, -0.15) is 8.42 Å². The Morgan fingerprint density at radius 2 is 1.57 bits per heavy atom. The minimum atomic E-state index is -3.94. The predicted molar refractivity (Wildman–Crippen MR) is 116 cm³/mol. The average Bonchev–Trinajstić information content (AvgIpc) is 2.97. The van der Waals surface area contributed by atoms with Crippen molar-refractivity contribution in [1.82, 2.24) is 0 Å². The van der Waals surface area contributed by atoms with Crippen LogP contribution in [0.4, 0.5) is 5.69 Å². The van der Waals surface area contributed by atoms with E-state index >= 15 is 0 Å². The molecule has 2 heterocycles. The van der Waals surface area contributed by atoms with Crippen molar-refractivity contribution in [1.29, 1.82) is 0 Å². The molecule has 0 fully saturated rings. The van der Waals surface area contributed by atoms with E-state index in [0.29, 0.717) is 33.2 Å². The summed E-state index contributed by atoms with van der Waals surface area (Å²) in [7, 11) is -3.94. The fraction of sp³-hybridized carbons (Fsp3) is 0.217. The molecule has 2 aliphatic heterocycles. The molecule has 3 aromatic carbocycles. The summed E-state index contributed by atoms with van der Waals surface area (Å²) in [4.78, 5) is 2.37. The molecule has 5 nitrogen and oxygen atoms in total. The summed E-state index contributed by atoms with van der Waals surface area (Å²) >= 11 is 6.23. The van der Waals surface area contributed by atoms with Crippen LogP contribution in [0.2, 0.25) is 5.02 Å². The minimum Gasteiger partial charge on any atom is -0.456 e. The molecule has 0 bridgehead atoms. The summed E-state index contributed by atoms with van der Waals surface area (Å²) in [6, 6.07) is 17.9. The first-order chi connectivity index (χ1) is 14.4. The molecule has 154 valence electrons. The smallest absolute Gasteiger partial charge is 0.298 e. The Bertz CT molecular complexity index is 1270. The van der Waals surface area contributed by atoms with Crippen molar-refractivity contribution in [2.24, 2.45) is 0 Å². The second kappa shape index (κ2) is 6.74. The van der Waals surface area contributed by atoms with Gasteiger partial charge in [-0.3, -0.25) is 0 Å². The van der Waals surface area contributed by atoms with Crippen LogP contribution in [0.15, 0.2) is 65.6 Å². The van der Waals surface area contributed by atoms with Crippen molar-refractivity contribution >= 4 is 27.4 Å². The fourth-order valence-corrected chi connectivity index (χ4v) is 5.99. The molecule has 3 aromatic rings. The number of hydrogen-bond acceptors (Lipinski definition) is 5. The van der Waals surface area contributed by atoms with Crippen molar-refractivity contribution in [3.63, 3.8) is 0 Å². The monoisotopic (exact) mass is 441 g/mol. The van der Waals surface area contributed by atoms with Gasteiger partial charge in [0.15, 0.2) is 5.60 Å². The van der Waals surface area contributed by atoms with Gasteiger partial charge in [-0.25, -0.2) is 4.18 Å². The Labute approximate surface area is 180 Å². The fourth-order valence-electron chi connectivity index (χ4n) is 4.42. The summed E-state index contributed by atoms with van der Waals surface area (Å²) in [5, 5.41) is 0.501. The third kappa shape index (κ3) is 2.61. The summed E-state index contributed by atoms with van der Waals surface area (Å²) in [5.41, 5.74) is 1.53. The standard InChI is InChI=1S/C23H20ClNO4S/c1-3-25(4-2)16-10-12-18-21(14-16)28-20-13-15(24)9-11-17(20)23(18)19-7-5-6-8-22(19)30(26,27)29-23/h5-14H,3-4H2,1-2H3. The first-order valence-corrected chi connectivity index (χ1v) is 11.6. The van der Waals surface area contributed by atoms with Gasteiger partial charge in [0, 0.05) is 46.6 Å². The third-order valence-electron chi connectivity index (χ3n) is 5.79. The highest BCUT2D eigenvalue weighted by molar-refractivity contribution is 7.87. The minimum absolute atomic E-state index is 0.173. The summed E-state index contributed by atoms with van der Waals surface area (Å²) in [5.74, 6) is 1.04. The van der Waals surface area contributed by atoms with Gasteiger partial charge < -0.3 is 9.64 Å². The molecule has 1 unspecified atom stereocenters. The number of fused-ring (bicyclic) bond motifs is 6. The maximum atomic E-state index is 13.0. The molecule has 1 spiro atoms. The van der Waals surface area contributed by atoms with E-state index in [9.17, 15) is 8.42 Å². The number of rotatable bonds is 3. The van der Waals surface area contributed by atoms with E-state index < -0.39 is 15.7 Å². The highest BCUT2D eigenvalue weighted by atomic mass is 35.5. The number of ether oxygens (including phenoxy) is 1. The first-order valence-electron chi connectivity index (χ1n) is 9.83. The molecule has 5 rings (SSSR count). The van der Waals surface area contributed by atoms with Crippen LogP contribution in [0.5, 0.6) is 11.5 Å². The van der Waals surface area contributed by atoms with Crippen LogP contribution in [0.1, 0.15) is 30.5 Å². The van der Waals surface area contributed by atoms with E-state index in [-0.39, 0.29) is 4.90 Å². The number of nitrogens with zero attached hydrogens (tertiary/aromatic N) is 1. The predicted octanol–water partition coefficient (Wildman–Crippen LogP) is 5.30. The summed E-state index contributed by atoms with van der Waals surface area (Å²) < 4.78 is 38.1. The molecule has 2 aliphatic rings. The van der Waals surface area contributed by atoms with Crippen molar-refractivity contribution in [3.05, 3.63) is 82.4 Å². The van der Waals surface area contributed by atoms with E-state index in [1.807, 2.05) is 24.3 Å². The second-order valence-electron chi connectivity index (χ2n) is 7.31. The van der Waals surface area contributed by atoms with E-state index in [2.05, 4.69) is 18.7 Å². The van der Waals surface area contributed by atoms with Gasteiger partial charge >= 0.3 is 0 Å². The SMILES string of the molecule is CCN(CC)c1ccc2c(c1)Oc1cc(Cl)ccc1C21OS(=O)(=O)c2ccccc21. The zero-order valence-corrected chi connectivity index (χ0v) is 18.1. The van der Waals surface area contributed by atoms with Gasteiger partial charge in [-0.05, 0) is 44.2 Å². The molecular formula is C23H20ClNO4S. The van der Waals surface area contributed by atoms with Gasteiger partial charge in [0.1, 0.15) is 16.4 Å². The van der Waals surface area contributed by atoms with Crippen LogP contribution < -0.4 is 9.64 Å². The molecule has 7 heteroatoms. The van der Waals surface area contributed by atoms with Gasteiger partial charge in [0.05, 0.1) is 0 Å². The van der Waals surface area contributed by atoms with E-state index in [1.165, 1.54) is 0 Å². The van der Waals surface area contributed by atoms with E-state index in [0.717, 1.165) is 18.8 Å². The van der Waals surface area contributed by atoms with Crippen LogP contribution in [0.3, 0.4) is 0 Å². The van der Waals surface area contributed by atoms with Gasteiger partial charge in [0.25, 0.3) is 10.1 Å². The molecule has 0 amide bonds. The summed E-state index contributed by atoms with van der Waals surface area (Å²) in [6.07, 6.45) is 0. The third-order valence-corrected chi connectivity index (χ3v) is 7.39. The maximum absolute atomic E-state index is 13.0. The Kier molecular flexibility index (Phi) is 4.36. The van der Waals surface area contributed by atoms with Gasteiger partial charge in [0.2, 0.25) is 0 Å². The van der Waals surface area contributed by atoms with Crippen molar-refractivity contribution in [2.45, 2.75) is 24.3 Å². The quantitative estimate of drug-likeness (QED) is 0.516. The number of benzene rings is 3. The molecule has 0 aromatic heterocycles. The normalized spacial score (nSPS) is 20.2. The lowest BCUT2D eigenvalue weighted by Crippen LogP contribution is -2.33. The lowest BCUT2D eigenvalue weighted by Gasteiger charge is -2.36. The zero-order valence-electron chi connectivity index (χ0n) is 16.6. The molecule has 1 atom stereocenters. The topological polar surface area (TPSA) is 55.8 Å². The van der Waals surface area contributed by atoms with Gasteiger partial charge in [-0.1, -0.05) is 35.9 Å².